The first kappa shape index (κ1) is 17.9. The summed E-state index contributed by atoms with van der Waals surface area (Å²) in [5.74, 6) is 2.84. The second-order valence-electron chi connectivity index (χ2n) is 10.2. The molecule has 5 unspecified atom stereocenters. The van der Waals surface area contributed by atoms with Crippen molar-refractivity contribution >= 4 is 11.6 Å². The average molecular weight is 395 g/mol. The van der Waals surface area contributed by atoms with Gasteiger partial charge in [0.05, 0.1) is 12.3 Å². The number of amides is 1. The van der Waals surface area contributed by atoms with Crippen LogP contribution in [0, 0.1) is 28.6 Å². The Balaban J connectivity index is 1.18. The number of nitrogens with zero attached hydrogens (tertiary/aromatic N) is 2. The van der Waals surface area contributed by atoms with E-state index in [-0.39, 0.29) is 12.5 Å². The molecular weight excluding hydrogens is 364 g/mol. The summed E-state index contributed by atoms with van der Waals surface area (Å²) in [6, 6.07) is 5.71. The topological polar surface area (TPSA) is 78.7 Å². The van der Waals surface area contributed by atoms with Gasteiger partial charge in [0.25, 0.3) is 5.91 Å². The number of pyridine rings is 1. The summed E-state index contributed by atoms with van der Waals surface area (Å²) < 4.78 is 1.89. The van der Waals surface area contributed by atoms with Gasteiger partial charge in [-0.3, -0.25) is 9.20 Å². The lowest BCUT2D eigenvalue weighted by molar-refractivity contribution is -0.00254. The first-order chi connectivity index (χ1) is 14.1. The summed E-state index contributed by atoms with van der Waals surface area (Å²) in [6.45, 7) is 2.04. The number of aliphatic hydroxyl groups excluding tert-OH is 1. The normalized spacial score (nSPS) is 36.4. The Hall–Kier alpha value is -1.92. The van der Waals surface area contributed by atoms with E-state index in [1.165, 1.54) is 38.5 Å². The second kappa shape index (κ2) is 6.29. The number of fused-ring (bicyclic) bond motifs is 3. The first-order valence-corrected chi connectivity index (χ1v) is 11.2. The predicted molar refractivity (Wildman–Crippen MR) is 109 cm³/mol. The molecule has 4 fully saturated rings. The standard InChI is InChI=1S/C23H30N4O2/c28-5-4-24-11-18-12-27-19(2-1-3-20(27)26-18)21(29)25-14-22-8-15-6-16-7-17(10-22)23(16,9-15)13-22/h1-3,12,15-17,24,28H,4-11,13-14H2,(H,25,29). The van der Waals surface area contributed by atoms with Crippen molar-refractivity contribution in [3.63, 3.8) is 0 Å². The molecule has 4 saturated carbocycles. The van der Waals surface area contributed by atoms with E-state index < -0.39 is 0 Å². The maximum Gasteiger partial charge on any atom is 0.268 e. The molecule has 0 aromatic carbocycles. The minimum atomic E-state index is 0.00320. The molecule has 3 bridgehead atoms. The molecule has 6 nitrogen and oxygen atoms in total. The second-order valence-corrected chi connectivity index (χ2v) is 10.2. The van der Waals surface area contributed by atoms with Gasteiger partial charge >= 0.3 is 0 Å². The van der Waals surface area contributed by atoms with Crippen LogP contribution in [0.3, 0.4) is 0 Å². The summed E-state index contributed by atoms with van der Waals surface area (Å²) in [7, 11) is 0. The highest BCUT2D eigenvalue weighted by Crippen LogP contribution is 2.78. The van der Waals surface area contributed by atoms with Gasteiger partial charge in [-0.2, -0.15) is 0 Å². The molecule has 4 aliphatic carbocycles. The van der Waals surface area contributed by atoms with Crippen LogP contribution in [0.2, 0.25) is 0 Å². The minimum absolute atomic E-state index is 0.00320. The van der Waals surface area contributed by atoms with E-state index in [0.717, 1.165) is 35.6 Å². The fourth-order valence-corrected chi connectivity index (χ4v) is 7.73. The SMILES string of the molecule is O=C(NCC12CC3CC4CC(C1)C4(C3)C2)c1cccc2nc(CNCCO)cn12. The maximum atomic E-state index is 13.1. The zero-order valence-electron chi connectivity index (χ0n) is 16.9. The highest BCUT2D eigenvalue weighted by atomic mass is 16.3. The Morgan fingerprint density at radius 2 is 2.17 bits per heavy atom. The zero-order valence-corrected chi connectivity index (χ0v) is 16.9. The number of hydrogen-bond acceptors (Lipinski definition) is 4. The summed E-state index contributed by atoms with van der Waals surface area (Å²) in [5.41, 5.74) is 3.31. The van der Waals surface area contributed by atoms with Gasteiger partial charge in [0.15, 0.2) is 0 Å². The fraction of sp³-hybridized carbons (Fsp3) is 0.652. The predicted octanol–water partition coefficient (Wildman–Crippen LogP) is 2.36. The number of rotatable bonds is 7. The molecule has 1 spiro atoms. The molecule has 0 radical (unpaired) electrons. The summed E-state index contributed by atoms with van der Waals surface area (Å²) >= 11 is 0. The van der Waals surface area contributed by atoms with E-state index in [9.17, 15) is 4.79 Å². The van der Waals surface area contributed by atoms with Crippen molar-refractivity contribution in [1.82, 2.24) is 20.0 Å². The number of carbonyl (C=O) groups excluding carboxylic acids is 1. The van der Waals surface area contributed by atoms with Crippen molar-refractivity contribution in [2.75, 3.05) is 19.7 Å². The molecule has 4 aliphatic rings. The Morgan fingerprint density at radius 3 is 3.07 bits per heavy atom. The highest BCUT2D eigenvalue weighted by molar-refractivity contribution is 5.93. The molecule has 6 heteroatoms. The van der Waals surface area contributed by atoms with Crippen molar-refractivity contribution in [3.8, 4) is 0 Å². The lowest BCUT2D eigenvalue weighted by Crippen LogP contribution is -2.43. The van der Waals surface area contributed by atoms with Crippen LogP contribution in [0.15, 0.2) is 24.4 Å². The lowest BCUT2D eigenvalue weighted by atomic mass is 9.55. The molecule has 0 saturated heterocycles. The van der Waals surface area contributed by atoms with Crippen LogP contribution in [0.5, 0.6) is 0 Å². The van der Waals surface area contributed by atoms with Crippen LogP contribution in [0.25, 0.3) is 5.65 Å². The first-order valence-electron chi connectivity index (χ1n) is 11.2. The van der Waals surface area contributed by atoms with Gasteiger partial charge in [-0.05, 0) is 79.2 Å². The molecule has 1 amide bonds. The van der Waals surface area contributed by atoms with E-state index in [2.05, 4.69) is 15.6 Å². The Morgan fingerprint density at radius 1 is 1.24 bits per heavy atom. The quantitative estimate of drug-likeness (QED) is 0.630. The molecule has 6 rings (SSSR count). The van der Waals surface area contributed by atoms with Crippen LogP contribution in [0.1, 0.15) is 54.7 Å². The van der Waals surface area contributed by atoms with Crippen molar-refractivity contribution in [2.45, 2.75) is 45.1 Å². The van der Waals surface area contributed by atoms with Gasteiger partial charge in [0.2, 0.25) is 0 Å². The maximum absolute atomic E-state index is 13.1. The van der Waals surface area contributed by atoms with Gasteiger partial charge in [-0.1, -0.05) is 6.07 Å². The monoisotopic (exact) mass is 394 g/mol. The molecule has 0 aliphatic heterocycles. The summed E-state index contributed by atoms with van der Waals surface area (Å²) in [5, 5.41) is 15.4. The third-order valence-corrected chi connectivity index (χ3v) is 8.58. The summed E-state index contributed by atoms with van der Waals surface area (Å²) in [4.78, 5) is 17.7. The van der Waals surface area contributed by atoms with Gasteiger partial charge in [0, 0.05) is 25.8 Å². The van der Waals surface area contributed by atoms with Crippen molar-refractivity contribution < 1.29 is 9.90 Å². The minimum Gasteiger partial charge on any atom is -0.395 e. The number of aliphatic hydroxyl groups is 1. The number of carbonyl (C=O) groups is 1. The molecule has 2 aromatic heterocycles. The molecule has 2 heterocycles. The zero-order chi connectivity index (χ0) is 19.6. The van der Waals surface area contributed by atoms with Crippen molar-refractivity contribution in [2.24, 2.45) is 28.6 Å². The molecule has 2 aromatic rings. The van der Waals surface area contributed by atoms with E-state index in [4.69, 9.17) is 5.11 Å². The van der Waals surface area contributed by atoms with Crippen molar-refractivity contribution in [3.05, 3.63) is 35.8 Å². The van der Waals surface area contributed by atoms with Gasteiger partial charge in [-0.25, -0.2) is 4.98 Å². The van der Waals surface area contributed by atoms with E-state index >= 15 is 0 Å². The van der Waals surface area contributed by atoms with Gasteiger partial charge in [0.1, 0.15) is 11.3 Å². The number of hydrogen-bond donors (Lipinski definition) is 3. The highest BCUT2D eigenvalue weighted by Gasteiger charge is 2.70. The van der Waals surface area contributed by atoms with Gasteiger partial charge < -0.3 is 15.7 Å². The van der Waals surface area contributed by atoms with Crippen LogP contribution in [-0.4, -0.2) is 40.1 Å². The van der Waals surface area contributed by atoms with Crippen LogP contribution < -0.4 is 10.6 Å². The summed E-state index contributed by atoms with van der Waals surface area (Å²) in [6.07, 6.45) is 10.3. The van der Waals surface area contributed by atoms with E-state index in [0.29, 0.717) is 29.6 Å². The smallest absolute Gasteiger partial charge is 0.268 e. The van der Waals surface area contributed by atoms with Crippen LogP contribution in [0.4, 0.5) is 0 Å². The molecule has 29 heavy (non-hydrogen) atoms. The molecule has 154 valence electrons. The Kier molecular flexibility index (Phi) is 3.88. The third-order valence-electron chi connectivity index (χ3n) is 8.58. The third kappa shape index (κ3) is 2.61. The largest absolute Gasteiger partial charge is 0.395 e. The Labute approximate surface area is 171 Å². The van der Waals surface area contributed by atoms with Crippen LogP contribution >= 0.6 is 0 Å². The number of aromatic nitrogens is 2. The van der Waals surface area contributed by atoms with E-state index in [1.54, 1.807) is 0 Å². The van der Waals surface area contributed by atoms with Gasteiger partial charge in [-0.15, -0.1) is 0 Å². The van der Waals surface area contributed by atoms with E-state index in [1.807, 2.05) is 28.8 Å². The number of nitrogens with one attached hydrogen (secondary N) is 2. The molecular formula is C23H30N4O2. The van der Waals surface area contributed by atoms with Crippen LogP contribution in [-0.2, 0) is 6.54 Å². The number of imidazole rings is 1. The lowest BCUT2D eigenvalue weighted by Gasteiger charge is -2.49. The van der Waals surface area contributed by atoms with Crippen molar-refractivity contribution in [1.29, 1.82) is 0 Å². The average Bonchev–Trinajstić information content (AvgIpc) is 3.27. The molecule has 3 N–H and O–H groups in total. The Bertz CT molecular complexity index is 967. The fourth-order valence-electron chi connectivity index (χ4n) is 7.73. The molecule has 5 atom stereocenters.